The van der Waals surface area contributed by atoms with Crippen LogP contribution in [0.3, 0.4) is 0 Å². The van der Waals surface area contributed by atoms with E-state index in [1.165, 1.54) is 17.4 Å². The van der Waals surface area contributed by atoms with Crippen LogP contribution in [0, 0.1) is 12.7 Å². The van der Waals surface area contributed by atoms with Crippen LogP contribution in [0.1, 0.15) is 5.69 Å². The van der Waals surface area contributed by atoms with Crippen molar-refractivity contribution in [3.63, 3.8) is 0 Å². The number of rotatable bonds is 1. The molecule has 0 fully saturated rings. The number of hydrogen-bond donors (Lipinski definition) is 1. The van der Waals surface area contributed by atoms with E-state index >= 15 is 0 Å². The zero-order valence-electron chi connectivity index (χ0n) is 9.64. The monoisotopic (exact) mass is 259 g/mol. The standard InChI is InChI=1S/C13H10FN3S/c1-7-5-9(11-6-18-13(15)17-11)8-3-2-4-10(14)12(8)16-7/h2-6H,1H3,(H2,15,17). The normalized spacial score (nSPS) is 11.0. The van der Waals surface area contributed by atoms with Gasteiger partial charge in [-0.05, 0) is 19.1 Å². The molecule has 2 N–H and O–H groups in total. The van der Waals surface area contributed by atoms with Gasteiger partial charge in [-0.3, -0.25) is 4.98 Å². The van der Waals surface area contributed by atoms with Crippen LogP contribution in [0.15, 0.2) is 29.6 Å². The van der Waals surface area contributed by atoms with Crippen LogP contribution in [0.5, 0.6) is 0 Å². The second kappa shape index (κ2) is 4.03. The first-order chi connectivity index (χ1) is 8.65. The second-order valence-corrected chi connectivity index (χ2v) is 4.91. The molecule has 0 spiro atoms. The summed E-state index contributed by atoms with van der Waals surface area (Å²) in [5, 5.41) is 3.13. The third-order valence-electron chi connectivity index (χ3n) is 2.72. The topological polar surface area (TPSA) is 51.8 Å². The van der Waals surface area contributed by atoms with Gasteiger partial charge < -0.3 is 5.73 Å². The molecule has 0 saturated carbocycles. The van der Waals surface area contributed by atoms with Crippen molar-refractivity contribution in [2.24, 2.45) is 0 Å². The molecule has 0 radical (unpaired) electrons. The Morgan fingerprint density at radius 2 is 2.11 bits per heavy atom. The van der Waals surface area contributed by atoms with Crippen LogP contribution in [0.25, 0.3) is 22.2 Å². The van der Waals surface area contributed by atoms with E-state index < -0.39 is 0 Å². The van der Waals surface area contributed by atoms with Gasteiger partial charge in [0.2, 0.25) is 0 Å². The number of thiazole rings is 1. The van der Waals surface area contributed by atoms with Crippen molar-refractivity contribution in [3.05, 3.63) is 41.2 Å². The first-order valence-electron chi connectivity index (χ1n) is 5.42. The summed E-state index contributed by atoms with van der Waals surface area (Å²) >= 11 is 1.37. The number of fused-ring (bicyclic) bond motifs is 1. The van der Waals surface area contributed by atoms with Crippen molar-refractivity contribution < 1.29 is 4.39 Å². The molecule has 0 unspecified atom stereocenters. The number of hydrogen-bond acceptors (Lipinski definition) is 4. The summed E-state index contributed by atoms with van der Waals surface area (Å²) in [5.41, 5.74) is 8.41. The van der Waals surface area contributed by atoms with E-state index in [4.69, 9.17) is 5.73 Å². The van der Waals surface area contributed by atoms with Gasteiger partial charge in [-0.1, -0.05) is 12.1 Å². The maximum atomic E-state index is 13.8. The molecule has 0 aliphatic heterocycles. The maximum Gasteiger partial charge on any atom is 0.180 e. The Morgan fingerprint density at radius 3 is 2.83 bits per heavy atom. The van der Waals surface area contributed by atoms with Gasteiger partial charge in [0.1, 0.15) is 11.3 Å². The quantitative estimate of drug-likeness (QED) is 0.728. The van der Waals surface area contributed by atoms with E-state index in [1.54, 1.807) is 6.07 Å². The summed E-state index contributed by atoms with van der Waals surface area (Å²) in [4.78, 5) is 8.49. The lowest BCUT2D eigenvalue weighted by atomic mass is 10.1. The van der Waals surface area contributed by atoms with Gasteiger partial charge in [0.05, 0.1) is 5.69 Å². The van der Waals surface area contributed by atoms with Gasteiger partial charge in [-0.25, -0.2) is 9.37 Å². The van der Waals surface area contributed by atoms with E-state index in [0.29, 0.717) is 10.6 Å². The van der Waals surface area contributed by atoms with E-state index in [9.17, 15) is 4.39 Å². The van der Waals surface area contributed by atoms with Gasteiger partial charge in [0.15, 0.2) is 5.13 Å². The molecule has 0 amide bonds. The lowest BCUT2D eigenvalue weighted by molar-refractivity contribution is 0.636. The van der Waals surface area contributed by atoms with E-state index in [0.717, 1.165) is 22.3 Å². The Balaban J connectivity index is 2.38. The molecule has 0 aliphatic rings. The van der Waals surface area contributed by atoms with E-state index in [1.807, 2.05) is 24.4 Å². The minimum absolute atomic E-state index is 0.319. The number of anilines is 1. The van der Waals surface area contributed by atoms with Crippen LogP contribution in [0.2, 0.25) is 0 Å². The van der Waals surface area contributed by atoms with Crippen LogP contribution in [0.4, 0.5) is 9.52 Å². The van der Waals surface area contributed by atoms with Crippen LogP contribution in [-0.4, -0.2) is 9.97 Å². The van der Waals surface area contributed by atoms with Gasteiger partial charge in [0, 0.05) is 22.0 Å². The predicted octanol–water partition coefficient (Wildman–Crippen LogP) is 3.39. The number of halogens is 1. The predicted molar refractivity (Wildman–Crippen MR) is 72.0 cm³/mol. The average Bonchev–Trinajstić information content (AvgIpc) is 2.76. The molecule has 5 heteroatoms. The Labute approximate surface area is 107 Å². The Morgan fingerprint density at radius 1 is 1.28 bits per heavy atom. The zero-order chi connectivity index (χ0) is 12.7. The highest BCUT2D eigenvalue weighted by Gasteiger charge is 2.11. The van der Waals surface area contributed by atoms with Crippen molar-refractivity contribution in [1.29, 1.82) is 0 Å². The van der Waals surface area contributed by atoms with Gasteiger partial charge in [-0.15, -0.1) is 11.3 Å². The first kappa shape index (κ1) is 11.1. The number of benzene rings is 1. The molecule has 2 heterocycles. The summed E-state index contributed by atoms with van der Waals surface area (Å²) in [6.45, 7) is 1.84. The highest BCUT2D eigenvalue weighted by Crippen LogP contribution is 2.31. The summed E-state index contributed by atoms with van der Waals surface area (Å²) in [6, 6.07) is 6.83. The third-order valence-corrected chi connectivity index (χ3v) is 3.39. The molecule has 90 valence electrons. The Kier molecular flexibility index (Phi) is 2.48. The average molecular weight is 259 g/mol. The zero-order valence-corrected chi connectivity index (χ0v) is 10.5. The Bertz CT molecular complexity index is 736. The second-order valence-electron chi connectivity index (χ2n) is 4.02. The van der Waals surface area contributed by atoms with Gasteiger partial charge in [0.25, 0.3) is 0 Å². The summed E-state index contributed by atoms with van der Waals surface area (Å²) in [6.07, 6.45) is 0. The summed E-state index contributed by atoms with van der Waals surface area (Å²) in [5.74, 6) is -0.319. The molecule has 0 saturated heterocycles. The molecule has 18 heavy (non-hydrogen) atoms. The van der Waals surface area contributed by atoms with Gasteiger partial charge >= 0.3 is 0 Å². The number of nitrogens with zero attached hydrogens (tertiary/aromatic N) is 2. The van der Waals surface area contributed by atoms with E-state index in [2.05, 4.69) is 9.97 Å². The molecule has 0 aliphatic carbocycles. The molecule has 0 bridgehead atoms. The van der Waals surface area contributed by atoms with Crippen LogP contribution in [-0.2, 0) is 0 Å². The largest absolute Gasteiger partial charge is 0.375 e. The highest BCUT2D eigenvalue weighted by atomic mass is 32.1. The lowest BCUT2D eigenvalue weighted by Crippen LogP contribution is -1.92. The molecule has 3 nitrogen and oxygen atoms in total. The number of aromatic nitrogens is 2. The fraction of sp³-hybridized carbons (Fsp3) is 0.0769. The van der Waals surface area contributed by atoms with Crippen molar-refractivity contribution in [2.45, 2.75) is 6.92 Å². The molecule has 3 rings (SSSR count). The fourth-order valence-electron chi connectivity index (χ4n) is 1.96. The minimum atomic E-state index is -0.319. The van der Waals surface area contributed by atoms with Crippen LogP contribution >= 0.6 is 11.3 Å². The third kappa shape index (κ3) is 1.73. The molecule has 1 aromatic carbocycles. The Hall–Kier alpha value is -2.01. The molecule has 0 atom stereocenters. The number of para-hydroxylation sites is 1. The number of aryl methyl sites for hydroxylation is 1. The van der Waals surface area contributed by atoms with Gasteiger partial charge in [-0.2, -0.15) is 0 Å². The number of nitrogens with two attached hydrogens (primary N) is 1. The molecule has 2 aromatic heterocycles. The lowest BCUT2D eigenvalue weighted by Gasteiger charge is -2.06. The van der Waals surface area contributed by atoms with Crippen molar-refractivity contribution in [2.75, 3.05) is 5.73 Å². The van der Waals surface area contributed by atoms with E-state index in [-0.39, 0.29) is 5.82 Å². The molecular formula is C13H10FN3S. The summed E-state index contributed by atoms with van der Waals surface area (Å²) < 4.78 is 13.8. The first-order valence-corrected chi connectivity index (χ1v) is 6.30. The van der Waals surface area contributed by atoms with Crippen LogP contribution < -0.4 is 5.73 Å². The molecule has 3 aromatic rings. The van der Waals surface area contributed by atoms with Crippen molar-refractivity contribution in [1.82, 2.24) is 9.97 Å². The fourth-order valence-corrected chi connectivity index (χ4v) is 2.53. The van der Waals surface area contributed by atoms with Crippen molar-refractivity contribution in [3.8, 4) is 11.3 Å². The van der Waals surface area contributed by atoms with Crippen molar-refractivity contribution >= 4 is 27.4 Å². The SMILES string of the molecule is Cc1cc(-c2csc(N)n2)c2cccc(F)c2n1. The number of pyridine rings is 1. The number of nitrogen functional groups attached to an aromatic ring is 1. The summed E-state index contributed by atoms with van der Waals surface area (Å²) in [7, 11) is 0. The molecular weight excluding hydrogens is 249 g/mol. The maximum absolute atomic E-state index is 13.8. The highest BCUT2D eigenvalue weighted by molar-refractivity contribution is 7.13. The smallest absolute Gasteiger partial charge is 0.180 e. The minimum Gasteiger partial charge on any atom is -0.375 e.